The standard InChI is InChI=1S/C29H28N4O2/c1-19-3-4-24(17-31-19)29(35)33-13-10-26(11-14-33)32-28-16-25(15-23-9-12-30-18-27(23)28)22-7-5-21(6-8-22)20(2)34/h3-9,12,15-18,26,32H,10-11,13-14H2,1-2H3. The zero-order valence-corrected chi connectivity index (χ0v) is 20.0. The van der Waals surface area contributed by atoms with Crippen molar-refractivity contribution in [3.05, 3.63) is 90.0 Å². The number of carbonyl (C=O) groups is 2. The molecule has 4 aromatic rings. The van der Waals surface area contributed by atoms with Crippen LogP contribution in [-0.2, 0) is 0 Å². The number of hydrogen-bond acceptors (Lipinski definition) is 5. The predicted octanol–water partition coefficient (Wildman–Crippen LogP) is 5.52. The summed E-state index contributed by atoms with van der Waals surface area (Å²) in [6, 6.07) is 18.0. The Morgan fingerprint density at radius 1 is 0.914 bits per heavy atom. The minimum absolute atomic E-state index is 0.0432. The third-order valence-electron chi connectivity index (χ3n) is 6.68. The molecule has 0 spiro atoms. The monoisotopic (exact) mass is 464 g/mol. The number of amides is 1. The highest BCUT2D eigenvalue weighted by Gasteiger charge is 2.24. The molecular weight excluding hydrogens is 436 g/mol. The molecular formula is C29H28N4O2. The minimum Gasteiger partial charge on any atom is -0.382 e. The number of aromatic nitrogens is 2. The zero-order chi connectivity index (χ0) is 24.4. The van der Waals surface area contributed by atoms with Crippen LogP contribution >= 0.6 is 0 Å². The van der Waals surface area contributed by atoms with Gasteiger partial charge in [0.2, 0.25) is 0 Å². The molecule has 1 aliphatic rings. The van der Waals surface area contributed by atoms with Crippen molar-refractivity contribution >= 4 is 28.2 Å². The number of pyridine rings is 2. The summed E-state index contributed by atoms with van der Waals surface area (Å²) >= 11 is 0. The summed E-state index contributed by atoms with van der Waals surface area (Å²) in [5.74, 6) is 0.105. The first-order chi connectivity index (χ1) is 17.0. The maximum atomic E-state index is 12.9. The molecule has 0 bridgehead atoms. The number of hydrogen-bond donors (Lipinski definition) is 1. The van der Waals surface area contributed by atoms with Gasteiger partial charge in [0.05, 0.1) is 5.56 Å². The lowest BCUT2D eigenvalue weighted by molar-refractivity contribution is 0.0718. The predicted molar refractivity (Wildman–Crippen MR) is 139 cm³/mol. The molecule has 1 N–H and O–H groups in total. The van der Waals surface area contributed by atoms with Crippen LogP contribution in [0.1, 0.15) is 46.2 Å². The number of carbonyl (C=O) groups excluding carboxylic acids is 2. The molecule has 6 heteroatoms. The van der Waals surface area contributed by atoms with E-state index >= 15 is 0 Å². The topological polar surface area (TPSA) is 75.2 Å². The fraction of sp³-hybridized carbons (Fsp3) is 0.241. The molecule has 1 fully saturated rings. The van der Waals surface area contributed by atoms with E-state index in [0.717, 1.165) is 46.1 Å². The summed E-state index contributed by atoms with van der Waals surface area (Å²) in [5, 5.41) is 5.90. The number of ketones is 1. The van der Waals surface area contributed by atoms with Gasteiger partial charge in [-0.3, -0.25) is 19.6 Å². The van der Waals surface area contributed by atoms with Gasteiger partial charge in [-0.05, 0) is 73.5 Å². The van der Waals surface area contributed by atoms with E-state index in [1.54, 1.807) is 19.3 Å². The Labute approximate surface area is 205 Å². The molecule has 35 heavy (non-hydrogen) atoms. The van der Waals surface area contributed by atoms with E-state index in [4.69, 9.17) is 0 Å². The number of anilines is 1. The van der Waals surface area contributed by atoms with Gasteiger partial charge in [-0.2, -0.15) is 0 Å². The van der Waals surface area contributed by atoms with Crippen LogP contribution in [0.25, 0.3) is 21.9 Å². The van der Waals surface area contributed by atoms with Crippen LogP contribution in [0.4, 0.5) is 5.69 Å². The quantitative estimate of drug-likeness (QED) is 0.393. The van der Waals surface area contributed by atoms with Gasteiger partial charge < -0.3 is 10.2 Å². The number of rotatable bonds is 5. The number of Topliss-reactive ketones (excluding diaryl/α,β-unsaturated/α-hetero) is 1. The SMILES string of the molecule is CC(=O)c1ccc(-c2cc(NC3CCN(C(=O)c4ccc(C)nc4)CC3)c3cnccc3c2)cc1. The Kier molecular flexibility index (Phi) is 6.27. The number of nitrogens with one attached hydrogen (secondary N) is 1. The van der Waals surface area contributed by atoms with Crippen molar-refractivity contribution in [3.8, 4) is 11.1 Å². The highest BCUT2D eigenvalue weighted by atomic mass is 16.2. The van der Waals surface area contributed by atoms with Gasteiger partial charge in [0.1, 0.15) is 0 Å². The number of piperidine rings is 1. The summed E-state index contributed by atoms with van der Waals surface area (Å²) in [4.78, 5) is 35.0. The van der Waals surface area contributed by atoms with Crippen molar-refractivity contribution in [2.24, 2.45) is 0 Å². The number of benzene rings is 2. The molecule has 0 atom stereocenters. The normalized spacial score (nSPS) is 14.2. The summed E-state index contributed by atoms with van der Waals surface area (Å²) in [5.41, 5.74) is 5.43. The van der Waals surface area contributed by atoms with E-state index in [1.165, 1.54) is 0 Å². The largest absolute Gasteiger partial charge is 0.382 e. The molecule has 5 rings (SSSR count). The molecule has 0 aliphatic carbocycles. The van der Waals surface area contributed by atoms with Crippen LogP contribution in [0.15, 0.2) is 73.2 Å². The first-order valence-corrected chi connectivity index (χ1v) is 12.0. The van der Waals surface area contributed by atoms with Gasteiger partial charge in [-0.15, -0.1) is 0 Å². The van der Waals surface area contributed by atoms with E-state index in [1.807, 2.05) is 60.5 Å². The molecule has 1 saturated heterocycles. The first kappa shape index (κ1) is 22.7. The molecule has 6 nitrogen and oxygen atoms in total. The van der Waals surface area contributed by atoms with Crippen molar-refractivity contribution < 1.29 is 9.59 Å². The van der Waals surface area contributed by atoms with Crippen LogP contribution in [0.5, 0.6) is 0 Å². The van der Waals surface area contributed by atoms with Gasteiger partial charge in [0, 0.05) is 60.1 Å². The fourth-order valence-electron chi connectivity index (χ4n) is 4.61. The van der Waals surface area contributed by atoms with Crippen molar-refractivity contribution in [3.63, 3.8) is 0 Å². The van der Waals surface area contributed by atoms with Gasteiger partial charge in [-0.25, -0.2) is 0 Å². The summed E-state index contributed by atoms with van der Waals surface area (Å²) < 4.78 is 0. The lowest BCUT2D eigenvalue weighted by Gasteiger charge is -2.33. The third-order valence-corrected chi connectivity index (χ3v) is 6.68. The average molecular weight is 465 g/mol. The van der Waals surface area contributed by atoms with Crippen LogP contribution in [0.3, 0.4) is 0 Å². The molecule has 3 heterocycles. The van der Waals surface area contributed by atoms with Crippen molar-refractivity contribution in [2.75, 3.05) is 18.4 Å². The Morgan fingerprint density at radius 3 is 2.34 bits per heavy atom. The van der Waals surface area contributed by atoms with Gasteiger partial charge in [0.25, 0.3) is 5.91 Å². The molecule has 2 aromatic carbocycles. The maximum Gasteiger partial charge on any atom is 0.255 e. The number of fused-ring (bicyclic) bond motifs is 1. The Balaban J connectivity index is 1.34. The Hall–Kier alpha value is -4.06. The smallest absolute Gasteiger partial charge is 0.255 e. The maximum absolute atomic E-state index is 12.9. The second-order valence-corrected chi connectivity index (χ2v) is 9.15. The second-order valence-electron chi connectivity index (χ2n) is 9.15. The van der Waals surface area contributed by atoms with Crippen LogP contribution < -0.4 is 5.32 Å². The van der Waals surface area contributed by atoms with Gasteiger partial charge in [0.15, 0.2) is 5.78 Å². The number of likely N-dealkylation sites (tertiary alicyclic amines) is 1. The second kappa shape index (κ2) is 9.66. The van der Waals surface area contributed by atoms with Crippen molar-refractivity contribution in [2.45, 2.75) is 32.7 Å². The van der Waals surface area contributed by atoms with Gasteiger partial charge >= 0.3 is 0 Å². The van der Waals surface area contributed by atoms with E-state index < -0.39 is 0 Å². The van der Waals surface area contributed by atoms with Crippen molar-refractivity contribution in [1.29, 1.82) is 0 Å². The molecule has 0 saturated carbocycles. The highest BCUT2D eigenvalue weighted by molar-refractivity contribution is 5.98. The molecule has 0 unspecified atom stereocenters. The van der Waals surface area contributed by atoms with Crippen LogP contribution in [0, 0.1) is 6.92 Å². The summed E-state index contributed by atoms with van der Waals surface area (Å²) in [7, 11) is 0. The molecule has 1 amide bonds. The lowest BCUT2D eigenvalue weighted by atomic mass is 9.98. The third kappa shape index (κ3) is 4.92. The highest BCUT2D eigenvalue weighted by Crippen LogP contribution is 2.32. The minimum atomic E-state index is 0.0432. The van der Waals surface area contributed by atoms with E-state index in [9.17, 15) is 9.59 Å². The first-order valence-electron chi connectivity index (χ1n) is 12.0. The molecule has 176 valence electrons. The summed E-state index contributed by atoms with van der Waals surface area (Å²) in [6.45, 7) is 4.90. The Bertz CT molecular complexity index is 1370. The number of aryl methyl sites for hydroxylation is 1. The molecule has 2 aromatic heterocycles. The van der Waals surface area contributed by atoms with E-state index in [2.05, 4.69) is 27.4 Å². The summed E-state index contributed by atoms with van der Waals surface area (Å²) in [6.07, 6.45) is 7.09. The lowest BCUT2D eigenvalue weighted by Crippen LogP contribution is -2.42. The van der Waals surface area contributed by atoms with E-state index in [-0.39, 0.29) is 17.7 Å². The molecule has 1 aliphatic heterocycles. The van der Waals surface area contributed by atoms with Crippen LogP contribution in [-0.4, -0.2) is 45.7 Å². The average Bonchev–Trinajstić information content (AvgIpc) is 2.89. The van der Waals surface area contributed by atoms with Crippen molar-refractivity contribution in [1.82, 2.24) is 14.9 Å². The molecule has 0 radical (unpaired) electrons. The number of nitrogens with zero attached hydrogens (tertiary/aromatic N) is 3. The van der Waals surface area contributed by atoms with Crippen LogP contribution in [0.2, 0.25) is 0 Å². The Morgan fingerprint density at radius 2 is 1.66 bits per heavy atom. The zero-order valence-electron chi connectivity index (χ0n) is 20.0. The van der Waals surface area contributed by atoms with Gasteiger partial charge in [-0.1, -0.05) is 24.3 Å². The fourth-order valence-corrected chi connectivity index (χ4v) is 4.61. The van der Waals surface area contributed by atoms with E-state index in [0.29, 0.717) is 24.2 Å².